The molecule has 2 unspecified atom stereocenters. The summed E-state index contributed by atoms with van der Waals surface area (Å²) in [5.41, 5.74) is 6.26. The lowest BCUT2D eigenvalue weighted by molar-refractivity contribution is -0.133. The predicted octanol–water partition coefficient (Wildman–Crippen LogP) is 1.79. The molecule has 9 heteroatoms. The maximum atomic E-state index is 13.9. The number of hydrogen-bond acceptors (Lipinski definition) is 4. The maximum absolute atomic E-state index is 13.9. The second-order valence-corrected chi connectivity index (χ2v) is 9.85. The van der Waals surface area contributed by atoms with Crippen molar-refractivity contribution in [3.8, 4) is 0 Å². The molecule has 0 spiro atoms. The zero-order chi connectivity index (χ0) is 19.9. The molecule has 2 N–H and O–H groups in total. The fourth-order valence-corrected chi connectivity index (χ4v) is 5.01. The van der Waals surface area contributed by atoms with Gasteiger partial charge in [-0.25, -0.2) is 21.6 Å². The lowest BCUT2D eigenvalue weighted by atomic mass is 9.82. The minimum atomic E-state index is -3.40. The number of piperidine rings is 1. The molecule has 1 amide bonds. The highest BCUT2D eigenvalue weighted by atomic mass is 32.2. The van der Waals surface area contributed by atoms with E-state index in [4.69, 9.17) is 5.73 Å². The van der Waals surface area contributed by atoms with Crippen LogP contribution in [0.5, 0.6) is 0 Å². The molecule has 3 rings (SSSR count). The molecule has 2 fully saturated rings. The maximum Gasteiger partial charge on any atom is 0.238 e. The number of carbonyl (C=O) groups is 1. The Morgan fingerprint density at radius 3 is 2.26 bits per heavy atom. The van der Waals surface area contributed by atoms with E-state index in [0.29, 0.717) is 18.9 Å². The minimum absolute atomic E-state index is 0.00250. The summed E-state index contributed by atoms with van der Waals surface area (Å²) in [6.07, 6.45) is 3.86. The first-order valence-electron chi connectivity index (χ1n) is 8.93. The largest absolute Gasteiger partial charge is 0.336 e. The Labute approximate surface area is 156 Å². The molecular formula is C18H23F3N2O3S. The third kappa shape index (κ3) is 4.45. The van der Waals surface area contributed by atoms with Gasteiger partial charge in [0.1, 0.15) is 11.6 Å². The molecule has 0 radical (unpaired) electrons. The van der Waals surface area contributed by atoms with E-state index in [1.54, 1.807) is 4.90 Å². The number of nitrogens with two attached hydrogens (primary N) is 1. The van der Waals surface area contributed by atoms with Crippen LogP contribution in [-0.2, 0) is 21.1 Å². The van der Waals surface area contributed by atoms with Crippen molar-refractivity contribution < 1.29 is 26.4 Å². The third-order valence-corrected chi connectivity index (χ3v) is 6.36. The van der Waals surface area contributed by atoms with E-state index >= 15 is 0 Å². The van der Waals surface area contributed by atoms with Gasteiger partial charge in [0.15, 0.2) is 21.5 Å². The summed E-state index contributed by atoms with van der Waals surface area (Å²) < 4.78 is 63.2. The van der Waals surface area contributed by atoms with Gasteiger partial charge >= 0.3 is 0 Å². The Morgan fingerprint density at radius 1 is 1.15 bits per heavy atom. The first-order chi connectivity index (χ1) is 12.5. The van der Waals surface area contributed by atoms with Crippen LogP contribution < -0.4 is 5.73 Å². The number of amides is 1. The van der Waals surface area contributed by atoms with Gasteiger partial charge < -0.3 is 10.6 Å². The van der Waals surface area contributed by atoms with Crippen molar-refractivity contribution in [3.05, 3.63) is 35.1 Å². The monoisotopic (exact) mass is 404 g/mol. The second-order valence-electron chi connectivity index (χ2n) is 7.71. The van der Waals surface area contributed by atoms with Crippen molar-refractivity contribution in [3.63, 3.8) is 0 Å². The van der Waals surface area contributed by atoms with E-state index in [0.717, 1.165) is 25.2 Å². The molecule has 2 heterocycles. The Balaban J connectivity index is 1.67. The number of rotatable bonds is 5. The first kappa shape index (κ1) is 20.1. The van der Waals surface area contributed by atoms with Gasteiger partial charge in [-0.2, -0.15) is 0 Å². The number of carbonyl (C=O) groups excluding carboxylic acids is 1. The smallest absolute Gasteiger partial charge is 0.238 e. The predicted molar refractivity (Wildman–Crippen MR) is 94.1 cm³/mol. The van der Waals surface area contributed by atoms with Gasteiger partial charge in [0.05, 0.1) is 0 Å². The van der Waals surface area contributed by atoms with E-state index < -0.39 is 39.1 Å². The van der Waals surface area contributed by atoms with Gasteiger partial charge in [-0.15, -0.1) is 0 Å². The average Bonchev–Trinajstić information content (AvgIpc) is 2.81. The van der Waals surface area contributed by atoms with Crippen LogP contribution in [0.4, 0.5) is 13.2 Å². The van der Waals surface area contributed by atoms with Gasteiger partial charge in [-0.1, -0.05) is 0 Å². The molecule has 0 aromatic heterocycles. The van der Waals surface area contributed by atoms with E-state index in [1.807, 2.05) is 0 Å². The number of halogens is 3. The number of benzene rings is 1. The molecule has 2 saturated heterocycles. The summed E-state index contributed by atoms with van der Waals surface area (Å²) in [7, 11) is -3.40. The summed E-state index contributed by atoms with van der Waals surface area (Å²) in [6, 6.07) is 0.740. The van der Waals surface area contributed by atoms with Gasteiger partial charge in [0, 0.05) is 30.4 Å². The molecule has 5 nitrogen and oxygen atoms in total. The summed E-state index contributed by atoms with van der Waals surface area (Å²) in [5.74, 6) is -4.06. The van der Waals surface area contributed by atoms with Crippen LogP contribution in [0.2, 0.25) is 0 Å². The number of sulfone groups is 1. The van der Waals surface area contributed by atoms with Gasteiger partial charge in [-0.3, -0.25) is 4.79 Å². The van der Waals surface area contributed by atoms with Crippen molar-refractivity contribution in [2.24, 2.45) is 11.7 Å². The molecule has 27 heavy (non-hydrogen) atoms. The van der Waals surface area contributed by atoms with Crippen molar-refractivity contribution >= 4 is 15.7 Å². The highest BCUT2D eigenvalue weighted by molar-refractivity contribution is 7.91. The molecule has 1 aromatic carbocycles. The van der Waals surface area contributed by atoms with Crippen LogP contribution in [0, 0.1) is 23.4 Å². The zero-order valence-corrected chi connectivity index (χ0v) is 15.8. The van der Waals surface area contributed by atoms with Gasteiger partial charge in [0.25, 0.3) is 0 Å². The minimum Gasteiger partial charge on any atom is -0.336 e. The fraction of sp³-hybridized carbons (Fsp3) is 0.611. The van der Waals surface area contributed by atoms with Crippen LogP contribution in [-0.4, -0.2) is 49.4 Å². The summed E-state index contributed by atoms with van der Waals surface area (Å²) in [6.45, 7) is 0. The Kier molecular flexibility index (Phi) is 5.54. The van der Waals surface area contributed by atoms with Crippen molar-refractivity contribution in [2.45, 2.75) is 50.2 Å². The number of fused-ring (bicyclic) bond motifs is 2. The SMILES string of the molecule is CS(=O)(=O)CC(=O)N1C2CCC1CC([C@H](N)Cc1cc(F)c(F)cc1F)C2. The Morgan fingerprint density at radius 2 is 1.70 bits per heavy atom. The number of nitrogens with zero attached hydrogens (tertiary/aromatic N) is 1. The molecule has 0 aliphatic carbocycles. The fourth-order valence-electron chi connectivity index (χ4n) is 4.42. The van der Waals surface area contributed by atoms with E-state index in [9.17, 15) is 26.4 Å². The molecule has 1 aromatic rings. The molecule has 150 valence electrons. The zero-order valence-electron chi connectivity index (χ0n) is 15.0. The molecule has 3 atom stereocenters. The summed E-state index contributed by atoms with van der Waals surface area (Å²) in [4.78, 5) is 14.0. The standard InChI is InChI=1S/C18H23F3N2O3S/c1-27(25,26)9-18(24)23-12-2-3-13(23)5-11(4-12)17(22)7-10-6-15(20)16(21)8-14(10)19/h6,8,11-13,17H,2-5,7,9,22H2,1H3/t11?,12?,13?,17-/m1/s1. The lowest BCUT2D eigenvalue weighted by Crippen LogP contribution is -2.51. The Hall–Kier alpha value is -1.61. The normalized spacial score (nSPS) is 26.3. The highest BCUT2D eigenvalue weighted by Crippen LogP contribution is 2.40. The number of hydrogen-bond donors (Lipinski definition) is 1. The van der Waals surface area contributed by atoms with E-state index in [2.05, 4.69) is 0 Å². The third-order valence-electron chi connectivity index (χ3n) is 5.59. The van der Waals surface area contributed by atoms with Crippen molar-refractivity contribution in [2.75, 3.05) is 12.0 Å². The van der Waals surface area contributed by atoms with E-state index in [-0.39, 0.29) is 35.9 Å². The highest BCUT2D eigenvalue weighted by Gasteiger charge is 2.44. The van der Waals surface area contributed by atoms with Crippen LogP contribution in [0.3, 0.4) is 0 Å². The van der Waals surface area contributed by atoms with E-state index in [1.165, 1.54) is 0 Å². The Bertz CT molecular complexity index is 832. The quantitative estimate of drug-likeness (QED) is 0.759. The van der Waals surface area contributed by atoms with Crippen molar-refractivity contribution in [1.29, 1.82) is 0 Å². The average molecular weight is 404 g/mol. The molecule has 2 aliphatic rings. The van der Waals surface area contributed by atoms with Gasteiger partial charge in [0.2, 0.25) is 5.91 Å². The first-order valence-corrected chi connectivity index (χ1v) is 11.0. The molecular weight excluding hydrogens is 381 g/mol. The molecule has 2 aliphatic heterocycles. The molecule has 2 bridgehead atoms. The summed E-state index contributed by atoms with van der Waals surface area (Å²) in [5, 5.41) is 0. The van der Waals surface area contributed by atoms with Gasteiger partial charge in [-0.05, 0) is 49.7 Å². The van der Waals surface area contributed by atoms with Crippen LogP contribution >= 0.6 is 0 Å². The molecule has 0 saturated carbocycles. The topological polar surface area (TPSA) is 80.5 Å². The van der Waals surface area contributed by atoms with Crippen LogP contribution in [0.15, 0.2) is 12.1 Å². The van der Waals surface area contributed by atoms with Crippen LogP contribution in [0.25, 0.3) is 0 Å². The van der Waals surface area contributed by atoms with Crippen LogP contribution in [0.1, 0.15) is 31.2 Å². The summed E-state index contributed by atoms with van der Waals surface area (Å²) >= 11 is 0. The van der Waals surface area contributed by atoms with Crippen molar-refractivity contribution in [1.82, 2.24) is 4.90 Å². The lowest BCUT2D eigenvalue weighted by Gasteiger charge is -2.41. The second kappa shape index (κ2) is 7.43.